The summed E-state index contributed by atoms with van der Waals surface area (Å²) < 4.78 is 10.2. The number of aromatic nitrogens is 2. The van der Waals surface area contributed by atoms with Crippen molar-refractivity contribution < 1.29 is 9.47 Å². The van der Waals surface area contributed by atoms with E-state index in [-0.39, 0.29) is 0 Å². The molecule has 0 aliphatic heterocycles. The van der Waals surface area contributed by atoms with Crippen LogP contribution in [0.5, 0.6) is 6.01 Å². The van der Waals surface area contributed by atoms with E-state index in [4.69, 9.17) is 21.1 Å². The number of hydrogen-bond acceptors (Lipinski definition) is 5. The zero-order chi connectivity index (χ0) is 12.0. The van der Waals surface area contributed by atoms with Crippen molar-refractivity contribution in [3.63, 3.8) is 0 Å². The van der Waals surface area contributed by atoms with Crippen LogP contribution in [-0.2, 0) is 4.74 Å². The lowest BCUT2D eigenvalue weighted by molar-refractivity contribution is 0.154. The van der Waals surface area contributed by atoms with E-state index < -0.39 is 0 Å². The van der Waals surface area contributed by atoms with Gasteiger partial charge in [0.1, 0.15) is 5.02 Å². The van der Waals surface area contributed by atoms with Crippen LogP contribution >= 0.6 is 11.6 Å². The fraction of sp³-hybridized carbons (Fsp3) is 0.600. The molecule has 90 valence electrons. The molecule has 1 rings (SSSR count). The van der Waals surface area contributed by atoms with Crippen LogP contribution in [0.1, 0.15) is 6.92 Å². The first-order valence-electron chi connectivity index (χ1n) is 5.04. The number of rotatable bonds is 6. The Labute approximate surface area is 100 Å². The van der Waals surface area contributed by atoms with E-state index in [1.165, 1.54) is 13.3 Å². The minimum atomic E-state index is 0.308. The summed E-state index contributed by atoms with van der Waals surface area (Å²) in [6.45, 7) is 4.01. The van der Waals surface area contributed by atoms with Gasteiger partial charge in [0.15, 0.2) is 5.82 Å². The van der Waals surface area contributed by atoms with Crippen LogP contribution in [0.15, 0.2) is 6.20 Å². The highest BCUT2D eigenvalue weighted by molar-refractivity contribution is 6.32. The average Bonchev–Trinajstić information content (AvgIpc) is 2.30. The molecule has 0 radical (unpaired) electrons. The van der Waals surface area contributed by atoms with Gasteiger partial charge in [0.25, 0.3) is 0 Å². The third kappa shape index (κ3) is 3.50. The molecule has 0 fully saturated rings. The molecule has 1 heterocycles. The Morgan fingerprint density at radius 1 is 1.50 bits per heavy atom. The van der Waals surface area contributed by atoms with Gasteiger partial charge in [-0.25, -0.2) is 4.98 Å². The molecule has 0 atom stereocenters. The van der Waals surface area contributed by atoms with E-state index in [0.29, 0.717) is 36.6 Å². The first-order chi connectivity index (χ1) is 7.69. The summed E-state index contributed by atoms with van der Waals surface area (Å²) in [5, 5.41) is 0.500. The monoisotopic (exact) mass is 245 g/mol. The van der Waals surface area contributed by atoms with Gasteiger partial charge in [-0.1, -0.05) is 11.6 Å². The highest BCUT2D eigenvalue weighted by Crippen LogP contribution is 2.22. The zero-order valence-electron chi connectivity index (χ0n) is 9.73. The Morgan fingerprint density at radius 2 is 2.25 bits per heavy atom. The van der Waals surface area contributed by atoms with Crippen LogP contribution in [0.4, 0.5) is 5.82 Å². The third-order valence-corrected chi connectivity index (χ3v) is 2.29. The smallest absolute Gasteiger partial charge is 0.318 e. The van der Waals surface area contributed by atoms with Crippen LogP contribution in [-0.4, -0.2) is 43.9 Å². The molecule has 0 bridgehead atoms. The normalized spacial score (nSPS) is 10.2. The van der Waals surface area contributed by atoms with Gasteiger partial charge in [0.05, 0.1) is 19.9 Å². The van der Waals surface area contributed by atoms with Crippen molar-refractivity contribution in [3.8, 4) is 6.01 Å². The van der Waals surface area contributed by atoms with Gasteiger partial charge in [-0.3, -0.25) is 0 Å². The number of halogens is 1. The molecular weight excluding hydrogens is 230 g/mol. The summed E-state index contributed by atoms with van der Waals surface area (Å²) in [4.78, 5) is 9.99. The van der Waals surface area contributed by atoms with Crippen molar-refractivity contribution in [2.24, 2.45) is 0 Å². The van der Waals surface area contributed by atoms with Crippen molar-refractivity contribution >= 4 is 17.4 Å². The van der Waals surface area contributed by atoms with Crippen LogP contribution in [0.2, 0.25) is 5.02 Å². The largest absolute Gasteiger partial charge is 0.467 e. The molecule has 0 spiro atoms. The molecule has 1 aromatic rings. The van der Waals surface area contributed by atoms with E-state index in [9.17, 15) is 0 Å². The molecule has 5 nitrogen and oxygen atoms in total. The van der Waals surface area contributed by atoms with Crippen molar-refractivity contribution in [2.75, 3.05) is 38.8 Å². The fourth-order valence-corrected chi connectivity index (χ4v) is 1.40. The lowest BCUT2D eigenvalue weighted by Gasteiger charge is -2.19. The maximum absolute atomic E-state index is 6.00. The Kier molecular flexibility index (Phi) is 5.28. The summed E-state index contributed by atoms with van der Waals surface area (Å²) in [6, 6.07) is 0.308. The second-order valence-corrected chi connectivity index (χ2v) is 3.55. The van der Waals surface area contributed by atoms with Crippen molar-refractivity contribution in [3.05, 3.63) is 11.2 Å². The lowest BCUT2D eigenvalue weighted by Crippen LogP contribution is -2.24. The lowest BCUT2D eigenvalue weighted by atomic mass is 10.5. The fourth-order valence-electron chi connectivity index (χ4n) is 1.16. The number of nitrogens with zero attached hydrogens (tertiary/aromatic N) is 3. The molecule has 6 heteroatoms. The summed E-state index contributed by atoms with van der Waals surface area (Å²) in [7, 11) is 3.42. The van der Waals surface area contributed by atoms with Crippen LogP contribution in [0.25, 0.3) is 0 Å². The standard InChI is InChI=1S/C10H16ClN3O2/c1-4-16-6-5-14(2)9-8(11)7-12-10(13-9)15-3/h7H,4-6H2,1-3H3. The minimum absolute atomic E-state index is 0.308. The maximum atomic E-state index is 6.00. The average molecular weight is 246 g/mol. The Hall–Kier alpha value is -1.07. The molecular formula is C10H16ClN3O2. The number of anilines is 1. The van der Waals surface area contributed by atoms with Gasteiger partial charge in [-0.05, 0) is 6.92 Å². The van der Waals surface area contributed by atoms with Gasteiger partial charge in [-0.2, -0.15) is 4.98 Å². The highest BCUT2D eigenvalue weighted by Gasteiger charge is 2.10. The molecule has 0 aliphatic rings. The van der Waals surface area contributed by atoms with Crippen LogP contribution in [0.3, 0.4) is 0 Å². The molecule has 1 aromatic heterocycles. The van der Waals surface area contributed by atoms with Gasteiger partial charge < -0.3 is 14.4 Å². The summed E-state index contributed by atoms with van der Waals surface area (Å²) in [5.74, 6) is 0.646. The van der Waals surface area contributed by atoms with E-state index in [1.54, 1.807) is 0 Å². The van der Waals surface area contributed by atoms with Crippen molar-refractivity contribution in [2.45, 2.75) is 6.92 Å². The predicted octanol–water partition coefficient (Wildman–Crippen LogP) is 1.61. The topological polar surface area (TPSA) is 47.5 Å². The quantitative estimate of drug-likeness (QED) is 0.713. The SMILES string of the molecule is CCOCCN(C)c1nc(OC)ncc1Cl. The van der Waals surface area contributed by atoms with Crippen LogP contribution in [0, 0.1) is 0 Å². The highest BCUT2D eigenvalue weighted by atomic mass is 35.5. The Balaban J connectivity index is 2.69. The maximum Gasteiger partial charge on any atom is 0.318 e. The minimum Gasteiger partial charge on any atom is -0.467 e. The molecule has 0 unspecified atom stereocenters. The summed E-state index contributed by atoms with van der Waals surface area (Å²) in [6.07, 6.45) is 1.53. The Morgan fingerprint density at radius 3 is 2.88 bits per heavy atom. The predicted molar refractivity (Wildman–Crippen MR) is 63.4 cm³/mol. The van der Waals surface area contributed by atoms with Crippen LogP contribution < -0.4 is 9.64 Å². The number of hydrogen-bond donors (Lipinski definition) is 0. The van der Waals surface area contributed by atoms with E-state index in [2.05, 4.69) is 9.97 Å². The van der Waals surface area contributed by atoms with E-state index in [0.717, 1.165) is 0 Å². The first-order valence-corrected chi connectivity index (χ1v) is 5.42. The van der Waals surface area contributed by atoms with Gasteiger partial charge in [-0.15, -0.1) is 0 Å². The molecule has 0 N–H and O–H groups in total. The van der Waals surface area contributed by atoms with Gasteiger partial charge >= 0.3 is 6.01 Å². The summed E-state index contributed by atoms with van der Waals surface area (Å²) >= 11 is 6.00. The summed E-state index contributed by atoms with van der Waals surface area (Å²) in [5.41, 5.74) is 0. The Bertz CT molecular complexity index is 336. The third-order valence-electron chi connectivity index (χ3n) is 2.02. The molecule has 0 saturated carbocycles. The number of ether oxygens (including phenoxy) is 2. The molecule has 0 amide bonds. The van der Waals surface area contributed by atoms with Gasteiger partial charge in [0.2, 0.25) is 0 Å². The van der Waals surface area contributed by atoms with E-state index >= 15 is 0 Å². The van der Waals surface area contributed by atoms with Crippen molar-refractivity contribution in [1.29, 1.82) is 0 Å². The molecule has 0 aromatic carbocycles. The molecule has 0 saturated heterocycles. The second kappa shape index (κ2) is 6.50. The van der Waals surface area contributed by atoms with Crippen molar-refractivity contribution in [1.82, 2.24) is 9.97 Å². The molecule has 16 heavy (non-hydrogen) atoms. The van der Waals surface area contributed by atoms with Gasteiger partial charge in [0, 0.05) is 20.2 Å². The number of methoxy groups -OCH3 is 1. The second-order valence-electron chi connectivity index (χ2n) is 3.15. The number of likely N-dealkylation sites (N-methyl/N-ethyl adjacent to an activating group) is 1. The zero-order valence-corrected chi connectivity index (χ0v) is 10.5. The van der Waals surface area contributed by atoms with E-state index in [1.807, 2.05) is 18.9 Å². The molecule has 0 aliphatic carbocycles. The first kappa shape index (κ1) is 13.0.